The van der Waals surface area contributed by atoms with Gasteiger partial charge in [-0.2, -0.15) is 0 Å². The summed E-state index contributed by atoms with van der Waals surface area (Å²) in [4.78, 5) is 23.9. The minimum atomic E-state index is -0.281. The van der Waals surface area contributed by atoms with E-state index in [-0.39, 0.29) is 18.7 Å². The predicted molar refractivity (Wildman–Crippen MR) is 115 cm³/mol. The van der Waals surface area contributed by atoms with Crippen LogP contribution in [0.4, 0.5) is 4.79 Å². The van der Waals surface area contributed by atoms with E-state index >= 15 is 0 Å². The second kappa shape index (κ2) is 7.72. The molecule has 5 nitrogen and oxygen atoms in total. The van der Waals surface area contributed by atoms with Crippen molar-refractivity contribution in [1.29, 1.82) is 0 Å². The Morgan fingerprint density at radius 2 is 2.07 bits per heavy atom. The quantitative estimate of drug-likeness (QED) is 0.471. The van der Waals surface area contributed by atoms with Crippen molar-refractivity contribution in [3.05, 3.63) is 77.4 Å². The zero-order valence-corrected chi connectivity index (χ0v) is 16.7. The molecule has 1 aliphatic heterocycles. The first-order valence-corrected chi connectivity index (χ1v) is 10.7. The summed E-state index contributed by atoms with van der Waals surface area (Å²) in [5, 5.41) is 2.08. The first-order valence-electron chi connectivity index (χ1n) is 9.79. The van der Waals surface area contributed by atoms with E-state index in [1.165, 1.54) is 10.4 Å². The minimum absolute atomic E-state index is 0.0733. The number of likely N-dealkylation sites (tertiary alicyclic amines) is 1. The number of carbonyl (C=O) groups is 1. The second-order valence-electron chi connectivity index (χ2n) is 7.22. The van der Waals surface area contributed by atoms with Gasteiger partial charge < -0.3 is 9.72 Å². The van der Waals surface area contributed by atoms with Crippen LogP contribution in [0.5, 0.6) is 0 Å². The number of aromatic amines is 1. The van der Waals surface area contributed by atoms with E-state index in [0.717, 1.165) is 35.3 Å². The number of imidazole rings is 1. The first kappa shape index (κ1) is 17.9. The summed E-state index contributed by atoms with van der Waals surface area (Å²) in [5.41, 5.74) is 4.08. The molecule has 2 aromatic carbocycles. The van der Waals surface area contributed by atoms with Gasteiger partial charge in [0.25, 0.3) is 0 Å². The maximum absolute atomic E-state index is 12.7. The lowest BCUT2D eigenvalue weighted by molar-refractivity contribution is 0.0910. The van der Waals surface area contributed by atoms with E-state index < -0.39 is 0 Å². The van der Waals surface area contributed by atoms with Crippen LogP contribution in [0.25, 0.3) is 21.5 Å². The van der Waals surface area contributed by atoms with Gasteiger partial charge in [0.05, 0.1) is 17.1 Å². The van der Waals surface area contributed by atoms with Crippen LogP contribution in [0.2, 0.25) is 0 Å². The molecule has 1 atom stereocenters. The topological polar surface area (TPSA) is 58.2 Å². The summed E-state index contributed by atoms with van der Waals surface area (Å²) in [7, 11) is 0. The summed E-state index contributed by atoms with van der Waals surface area (Å²) in [6.07, 6.45) is 1.55. The molecular weight excluding hydrogens is 382 g/mol. The standard InChI is InChI=1S/C23H21N3O2S/c27-23(28-15-16-6-2-1-3-7-16)26-12-4-8-20(26)22-24-18-11-10-17(14-19(18)25-22)21-9-5-13-29-21/h1-3,5-7,9-11,13-14,20H,4,8,12,15H2,(H,24,25)/t20-/m0/s1. The number of thiophene rings is 1. The predicted octanol–water partition coefficient (Wildman–Crippen LogP) is 5.77. The third-order valence-electron chi connectivity index (χ3n) is 5.31. The molecule has 0 spiro atoms. The van der Waals surface area contributed by atoms with Crippen molar-refractivity contribution >= 4 is 28.5 Å². The number of nitrogens with one attached hydrogen (secondary N) is 1. The monoisotopic (exact) mass is 403 g/mol. The molecule has 2 aromatic heterocycles. The van der Waals surface area contributed by atoms with E-state index in [2.05, 4.69) is 34.6 Å². The van der Waals surface area contributed by atoms with Gasteiger partial charge in [-0.15, -0.1) is 11.3 Å². The van der Waals surface area contributed by atoms with Crippen molar-refractivity contribution in [3.8, 4) is 10.4 Å². The number of ether oxygens (including phenoxy) is 1. The van der Waals surface area contributed by atoms with Crippen LogP contribution < -0.4 is 0 Å². The molecule has 4 aromatic rings. The van der Waals surface area contributed by atoms with E-state index in [1.807, 2.05) is 36.4 Å². The largest absolute Gasteiger partial charge is 0.445 e. The third-order valence-corrected chi connectivity index (χ3v) is 6.23. The SMILES string of the molecule is O=C(OCc1ccccc1)N1CCC[C@H]1c1nc2ccc(-c3cccs3)cc2[nH]1. The Hall–Kier alpha value is -3.12. The van der Waals surface area contributed by atoms with Crippen LogP contribution >= 0.6 is 11.3 Å². The second-order valence-corrected chi connectivity index (χ2v) is 8.17. The molecule has 0 bridgehead atoms. The summed E-state index contributed by atoms with van der Waals surface area (Å²) < 4.78 is 5.55. The molecule has 0 aliphatic carbocycles. The van der Waals surface area contributed by atoms with Gasteiger partial charge in [0, 0.05) is 11.4 Å². The van der Waals surface area contributed by atoms with Crippen LogP contribution in [0, 0.1) is 0 Å². The maximum Gasteiger partial charge on any atom is 0.410 e. The molecule has 1 amide bonds. The number of carbonyl (C=O) groups excluding carboxylic acids is 1. The fourth-order valence-electron chi connectivity index (χ4n) is 3.85. The lowest BCUT2D eigenvalue weighted by Crippen LogP contribution is -2.31. The summed E-state index contributed by atoms with van der Waals surface area (Å²) >= 11 is 1.72. The van der Waals surface area contributed by atoms with E-state index in [1.54, 1.807) is 16.2 Å². The van der Waals surface area contributed by atoms with Crippen LogP contribution in [-0.4, -0.2) is 27.5 Å². The summed E-state index contributed by atoms with van der Waals surface area (Å²) in [5.74, 6) is 0.831. The smallest absolute Gasteiger partial charge is 0.410 e. The highest BCUT2D eigenvalue weighted by Crippen LogP contribution is 2.33. The van der Waals surface area contributed by atoms with Crippen LogP contribution in [0.3, 0.4) is 0 Å². The number of hydrogen-bond donors (Lipinski definition) is 1. The van der Waals surface area contributed by atoms with Crippen molar-refractivity contribution in [1.82, 2.24) is 14.9 Å². The van der Waals surface area contributed by atoms with E-state index in [0.29, 0.717) is 6.54 Å². The number of rotatable bonds is 4. The fourth-order valence-corrected chi connectivity index (χ4v) is 4.58. The van der Waals surface area contributed by atoms with E-state index in [9.17, 15) is 4.79 Å². The summed E-state index contributed by atoms with van der Waals surface area (Å²) in [6, 6.07) is 20.1. The van der Waals surface area contributed by atoms with E-state index in [4.69, 9.17) is 9.72 Å². The number of H-pyrrole nitrogens is 1. The van der Waals surface area contributed by atoms with Crippen molar-refractivity contribution in [2.45, 2.75) is 25.5 Å². The van der Waals surface area contributed by atoms with Crippen molar-refractivity contribution in [2.75, 3.05) is 6.54 Å². The highest BCUT2D eigenvalue weighted by Gasteiger charge is 2.33. The van der Waals surface area contributed by atoms with Crippen molar-refractivity contribution < 1.29 is 9.53 Å². The number of benzene rings is 2. The van der Waals surface area contributed by atoms with Gasteiger partial charge >= 0.3 is 6.09 Å². The molecule has 0 unspecified atom stereocenters. The Labute approximate surface area is 173 Å². The minimum Gasteiger partial charge on any atom is -0.445 e. The van der Waals surface area contributed by atoms with Crippen LogP contribution in [0.1, 0.15) is 30.3 Å². The Morgan fingerprint density at radius 1 is 1.17 bits per heavy atom. The third kappa shape index (κ3) is 3.63. The van der Waals surface area contributed by atoms with Crippen LogP contribution in [0.15, 0.2) is 66.0 Å². The van der Waals surface area contributed by atoms with Crippen molar-refractivity contribution in [3.63, 3.8) is 0 Å². The first-order chi connectivity index (χ1) is 14.3. The Balaban J connectivity index is 1.35. The molecule has 0 saturated carbocycles. The molecule has 0 radical (unpaired) electrons. The average Bonchev–Trinajstić information content (AvgIpc) is 3.52. The zero-order valence-electron chi connectivity index (χ0n) is 15.9. The van der Waals surface area contributed by atoms with Gasteiger partial charge in [-0.1, -0.05) is 42.5 Å². The van der Waals surface area contributed by atoms with Gasteiger partial charge in [-0.25, -0.2) is 9.78 Å². The highest BCUT2D eigenvalue weighted by atomic mass is 32.1. The van der Waals surface area contributed by atoms with Gasteiger partial charge in [0.2, 0.25) is 0 Å². The molecule has 1 N–H and O–H groups in total. The number of nitrogens with zero attached hydrogens (tertiary/aromatic N) is 2. The molecule has 146 valence electrons. The van der Waals surface area contributed by atoms with Gasteiger partial charge in [-0.3, -0.25) is 4.90 Å². The molecule has 6 heteroatoms. The molecular formula is C23H21N3O2S. The molecule has 3 heterocycles. The lowest BCUT2D eigenvalue weighted by atomic mass is 10.2. The van der Waals surface area contributed by atoms with Gasteiger partial charge in [0.1, 0.15) is 12.4 Å². The molecule has 1 aliphatic rings. The molecule has 29 heavy (non-hydrogen) atoms. The number of fused-ring (bicyclic) bond motifs is 1. The summed E-state index contributed by atoms with van der Waals surface area (Å²) in [6.45, 7) is 0.975. The Morgan fingerprint density at radius 3 is 2.90 bits per heavy atom. The molecule has 5 rings (SSSR count). The lowest BCUT2D eigenvalue weighted by Gasteiger charge is -2.22. The zero-order chi connectivity index (χ0) is 19.6. The number of aromatic nitrogens is 2. The Kier molecular flexibility index (Phi) is 4.77. The normalized spacial score (nSPS) is 16.4. The maximum atomic E-state index is 12.7. The van der Waals surface area contributed by atoms with Crippen molar-refractivity contribution in [2.24, 2.45) is 0 Å². The highest BCUT2D eigenvalue weighted by molar-refractivity contribution is 7.13. The average molecular weight is 404 g/mol. The number of amides is 1. The molecule has 1 saturated heterocycles. The number of hydrogen-bond acceptors (Lipinski definition) is 4. The fraction of sp³-hybridized carbons (Fsp3) is 0.217. The van der Waals surface area contributed by atoms with Gasteiger partial charge in [0.15, 0.2) is 0 Å². The molecule has 1 fully saturated rings. The van der Waals surface area contributed by atoms with Crippen LogP contribution in [-0.2, 0) is 11.3 Å². The Bertz CT molecular complexity index is 1120. The van der Waals surface area contributed by atoms with Gasteiger partial charge in [-0.05, 0) is 47.5 Å².